The van der Waals surface area contributed by atoms with Crippen LogP contribution in [0.2, 0.25) is 5.02 Å². The van der Waals surface area contributed by atoms with E-state index in [1.54, 1.807) is 18.2 Å². The van der Waals surface area contributed by atoms with Gasteiger partial charge in [-0.25, -0.2) is 8.42 Å². The largest absolute Gasteiger partial charge is 0.368 e. The first-order valence-corrected chi connectivity index (χ1v) is 11.7. The number of hydrogen-bond donors (Lipinski definition) is 2. The molecular formula is C21H25ClN4O5S. The minimum absolute atomic E-state index is 0.0259. The van der Waals surface area contributed by atoms with Crippen LogP contribution in [0.1, 0.15) is 28.8 Å². The number of sulfonamides is 1. The molecule has 0 aliphatic carbocycles. The zero-order valence-corrected chi connectivity index (χ0v) is 19.3. The van der Waals surface area contributed by atoms with Crippen LogP contribution in [-0.2, 0) is 26.2 Å². The summed E-state index contributed by atoms with van der Waals surface area (Å²) in [5.41, 5.74) is 7.06. The molecule has 0 aromatic heterocycles. The van der Waals surface area contributed by atoms with E-state index in [1.165, 1.54) is 32.4 Å². The Morgan fingerprint density at radius 1 is 1.28 bits per heavy atom. The molecule has 32 heavy (non-hydrogen) atoms. The summed E-state index contributed by atoms with van der Waals surface area (Å²) in [6.07, 6.45) is 1.65. The summed E-state index contributed by atoms with van der Waals surface area (Å²) in [4.78, 5) is 30.9. The lowest BCUT2D eigenvalue weighted by Gasteiger charge is -2.22. The summed E-state index contributed by atoms with van der Waals surface area (Å²) < 4.78 is 25.8. The number of carbonyl (C=O) groups is 2. The number of hydroxylamine groups is 1. The second-order valence-electron chi connectivity index (χ2n) is 7.43. The molecule has 1 fully saturated rings. The number of nitrogens with one attached hydrogen (secondary N) is 1. The van der Waals surface area contributed by atoms with Gasteiger partial charge >= 0.3 is 0 Å². The van der Waals surface area contributed by atoms with E-state index < -0.39 is 15.9 Å². The van der Waals surface area contributed by atoms with Crippen molar-refractivity contribution in [3.63, 3.8) is 0 Å². The molecule has 1 saturated heterocycles. The lowest BCUT2D eigenvalue weighted by atomic mass is 10.1. The van der Waals surface area contributed by atoms with Gasteiger partial charge in [0.25, 0.3) is 15.9 Å². The summed E-state index contributed by atoms with van der Waals surface area (Å²) in [5.74, 6) is -0.828. The van der Waals surface area contributed by atoms with Crippen molar-refractivity contribution < 1.29 is 22.8 Å². The SMILES string of the molecule is CON(C)S(=O)(=O)c1cc(C(=O)Nc2cccc(CN3CCCC3C(N)=O)c2)ccc1Cl. The maximum Gasteiger partial charge on any atom is 0.266 e. The molecule has 0 spiro atoms. The maximum atomic E-state index is 12.8. The van der Waals surface area contributed by atoms with Crippen LogP contribution in [0.3, 0.4) is 0 Å². The van der Waals surface area contributed by atoms with Crippen molar-refractivity contribution in [2.24, 2.45) is 5.73 Å². The van der Waals surface area contributed by atoms with Gasteiger partial charge in [-0.15, -0.1) is 0 Å². The number of halogens is 1. The second kappa shape index (κ2) is 9.97. The van der Waals surface area contributed by atoms with E-state index in [9.17, 15) is 18.0 Å². The lowest BCUT2D eigenvalue weighted by Crippen LogP contribution is -2.39. The summed E-state index contributed by atoms with van der Waals surface area (Å²) in [7, 11) is -1.58. The Morgan fingerprint density at radius 3 is 2.72 bits per heavy atom. The van der Waals surface area contributed by atoms with Gasteiger partial charge in [0.15, 0.2) is 0 Å². The van der Waals surface area contributed by atoms with E-state index in [1.807, 2.05) is 11.0 Å². The van der Waals surface area contributed by atoms with Crippen molar-refractivity contribution in [2.45, 2.75) is 30.3 Å². The fraction of sp³-hybridized carbons (Fsp3) is 0.333. The van der Waals surface area contributed by atoms with Gasteiger partial charge in [0.2, 0.25) is 5.91 Å². The fourth-order valence-corrected chi connectivity index (χ4v) is 5.08. The van der Waals surface area contributed by atoms with E-state index >= 15 is 0 Å². The number of hydrogen-bond acceptors (Lipinski definition) is 6. The molecule has 3 N–H and O–H groups in total. The number of likely N-dealkylation sites (tertiary alicyclic amines) is 1. The highest BCUT2D eigenvalue weighted by atomic mass is 35.5. The summed E-state index contributed by atoms with van der Waals surface area (Å²) >= 11 is 6.05. The number of benzene rings is 2. The third-order valence-corrected chi connectivity index (χ3v) is 7.49. The van der Waals surface area contributed by atoms with Crippen LogP contribution in [0, 0.1) is 0 Å². The Hall–Kier alpha value is -2.50. The first kappa shape index (κ1) is 24.1. The molecule has 1 heterocycles. The van der Waals surface area contributed by atoms with Gasteiger partial charge in [0.05, 0.1) is 18.2 Å². The quantitative estimate of drug-likeness (QED) is 0.558. The minimum Gasteiger partial charge on any atom is -0.368 e. The van der Waals surface area contributed by atoms with Crippen molar-refractivity contribution in [3.8, 4) is 0 Å². The van der Waals surface area contributed by atoms with E-state index in [0.717, 1.165) is 24.9 Å². The highest BCUT2D eigenvalue weighted by Gasteiger charge is 2.29. The van der Waals surface area contributed by atoms with E-state index in [2.05, 4.69) is 5.32 Å². The van der Waals surface area contributed by atoms with Crippen molar-refractivity contribution in [2.75, 3.05) is 26.0 Å². The second-order valence-corrected chi connectivity index (χ2v) is 9.74. The molecule has 1 atom stereocenters. The molecule has 11 heteroatoms. The summed E-state index contributed by atoms with van der Waals surface area (Å²) in [5, 5.41) is 2.74. The maximum absolute atomic E-state index is 12.8. The van der Waals surface area contributed by atoms with Crippen molar-refractivity contribution in [3.05, 3.63) is 58.6 Å². The van der Waals surface area contributed by atoms with Crippen LogP contribution in [0.5, 0.6) is 0 Å². The topological polar surface area (TPSA) is 122 Å². The Morgan fingerprint density at radius 2 is 2.03 bits per heavy atom. The molecule has 2 amide bonds. The number of amides is 2. The third-order valence-electron chi connectivity index (χ3n) is 5.33. The van der Waals surface area contributed by atoms with Crippen LogP contribution >= 0.6 is 11.6 Å². The molecule has 2 aromatic rings. The highest BCUT2D eigenvalue weighted by Crippen LogP contribution is 2.26. The molecule has 0 bridgehead atoms. The Bertz CT molecular complexity index is 1120. The fourth-order valence-electron chi connectivity index (χ4n) is 3.60. The van der Waals surface area contributed by atoms with E-state index in [-0.39, 0.29) is 27.4 Å². The number of carbonyl (C=O) groups excluding carboxylic acids is 2. The molecule has 0 radical (unpaired) electrons. The Kier molecular flexibility index (Phi) is 7.52. The normalized spacial score (nSPS) is 16.9. The highest BCUT2D eigenvalue weighted by molar-refractivity contribution is 7.89. The van der Waals surface area contributed by atoms with Gasteiger partial charge in [-0.05, 0) is 55.3 Å². The number of anilines is 1. The molecular weight excluding hydrogens is 456 g/mol. The Labute approximate surface area is 192 Å². The van der Waals surface area contributed by atoms with Crippen LogP contribution in [0.4, 0.5) is 5.69 Å². The molecule has 3 rings (SSSR count). The standard InChI is InChI=1S/C21H25ClN4O5S/c1-25(31-2)32(29,30)19-12-15(8-9-17(19)22)21(28)24-16-6-3-5-14(11-16)13-26-10-4-7-18(26)20(23)27/h3,5-6,8-9,11-12,18H,4,7,10,13H2,1-2H3,(H2,23,27)(H,24,28). The van der Waals surface area contributed by atoms with Crippen molar-refractivity contribution >= 4 is 39.1 Å². The number of nitrogens with zero attached hydrogens (tertiary/aromatic N) is 2. The van der Waals surface area contributed by atoms with E-state index in [4.69, 9.17) is 22.2 Å². The van der Waals surface area contributed by atoms with Crippen LogP contribution in [0.15, 0.2) is 47.4 Å². The molecule has 172 valence electrons. The summed E-state index contributed by atoms with van der Waals surface area (Å²) in [6, 6.07) is 10.9. The van der Waals surface area contributed by atoms with Crippen LogP contribution in [-0.4, -0.2) is 56.3 Å². The average molecular weight is 481 g/mol. The average Bonchev–Trinajstić information content (AvgIpc) is 3.21. The van der Waals surface area contributed by atoms with Gasteiger partial charge in [-0.2, -0.15) is 0 Å². The van der Waals surface area contributed by atoms with Crippen molar-refractivity contribution in [1.29, 1.82) is 0 Å². The first-order valence-electron chi connectivity index (χ1n) is 9.89. The minimum atomic E-state index is -4.03. The molecule has 9 nitrogen and oxygen atoms in total. The Balaban J connectivity index is 1.77. The van der Waals surface area contributed by atoms with Gasteiger partial charge in [0.1, 0.15) is 4.90 Å². The zero-order chi connectivity index (χ0) is 23.5. The lowest BCUT2D eigenvalue weighted by molar-refractivity contribution is -0.122. The predicted molar refractivity (Wildman–Crippen MR) is 120 cm³/mol. The van der Waals surface area contributed by atoms with Gasteiger partial charge in [-0.1, -0.05) is 28.2 Å². The number of nitrogens with two attached hydrogens (primary N) is 1. The monoisotopic (exact) mass is 480 g/mol. The molecule has 1 aliphatic heterocycles. The number of rotatable bonds is 8. The van der Waals surface area contributed by atoms with Crippen LogP contribution in [0.25, 0.3) is 0 Å². The van der Waals surface area contributed by atoms with Gasteiger partial charge in [-0.3, -0.25) is 19.3 Å². The van der Waals surface area contributed by atoms with Gasteiger partial charge < -0.3 is 11.1 Å². The molecule has 1 aliphatic rings. The molecule has 2 aromatic carbocycles. The van der Waals surface area contributed by atoms with Crippen LogP contribution < -0.4 is 11.1 Å². The third kappa shape index (κ3) is 5.28. The predicted octanol–water partition coefficient (Wildman–Crippen LogP) is 2.22. The molecule has 1 unspecified atom stereocenters. The zero-order valence-electron chi connectivity index (χ0n) is 17.7. The summed E-state index contributed by atoms with van der Waals surface area (Å²) in [6.45, 7) is 1.31. The van der Waals surface area contributed by atoms with Crippen molar-refractivity contribution in [1.82, 2.24) is 9.37 Å². The smallest absolute Gasteiger partial charge is 0.266 e. The van der Waals surface area contributed by atoms with Gasteiger partial charge in [0, 0.05) is 24.8 Å². The molecule has 0 saturated carbocycles. The first-order chi connectivity index (χ1) is 15.1. The van der Waals surface area contributed by atoms with E-state index in [0.29, 0.717) is 16.7 Å². The number of primary amides is 1.